The molecule has 0 aliphatic carbocycles. The number of aromatic amines is 1. The number of nitrogen functional groups attached to an aromatic ring is 1. The Bertz CT molecular complexity index is 340. The monoisotopic (exact) mass is 151 g/mol. The standard InChI is InChI=1S/C7H9N3O/c1-4-2-5(6(8)9)7(11)10-3-4/h2-3H,1H3,(H3,8,9)(H,10,11). The van der Waals surface area contributed by atoms with E-state index in [9.17, 15) is 4.79 Å². The smallest absolute Gasteiger partial charge is 0.258 e. The van der Waals surface area contributed by atoms with Crippen LogP contribution >= 0.6 is 0 Å². The van der Waals surface area contributed by atoms with Gasteiger partial charge in [0.05, 0.1) is 5.56 Å². The molecule has 0 amide bonds. The minimum atomic E-state index is -0.317. The van der Waals surface area contributed by atoms with Crippen LogP contribution in [0.2, 0.25) is 0 Å². The number of nitrogens with two attached hydrogens (primary N) is 1. The van der Waals surface area contributed by atoms with Gasteiger partial charge in [-0.05, 0) is 18.6 Å². The van der Waals surface area contributed by atoms with Gasteiger partial charge in [-0.25, -0.2) is 0 Å². The molecule has 0 spiro atoms. The fourth-order valence-corrected chi connectivity index (χ4v) is 0.792. The highest BCUT2D eigenvalue weighted by atomic mass is 16.1. The van der Waals surface area contributed by atoms with Crippen molar-refractivity contribution in [3.05, 3.63) is 33.7 Å². The van der Waals surface area contributed by atoms with E-state index >= 15 is 0 Å². The lowest BCUT2D eigenvalue weighted by Crippen LogP contribution is -2.23. The van der Waals surface area contributed by atoms with Gasteiger partial charge in [0.2, 0.25) is 0 Å². The first-order valence-corrected chi connectivity index (χ1v) is 3.15. The molecule has 1 rings (SSSR count). The molecule has 0 aromatic carbocycles. The van der Waals surface area contributed by atoms with E-state index in [2.05, 4.69) is 4.98 Å². The lowest BCUT2D eigenvalue weighted by atomic mass is 10.2. The average molecular weight is 151 g/mol. The second-order valence-electron chi connectivity index (χ2n) is 2.33. The van der Waals surface area contributed by atoms with Crippen LogP contribution < -0.4 is 11.3 Å². The number of pyridine rings is 1. The second-order valence-corrected chi connectivity index (χ2v) is 2.33. The van der Waals surface area contributed by atoms with Gasteiger partial charge in [0.25, 0.3) is 5.56 Å². The molecule has 0 aliphatic heterocycles. The van der Waals surface area contributed by atoms with Crippen LogP contribution in [0, 0.1) is 12.3 Å². The number of amidine groups is 1. The number of H-pyrrole nitrogens is 1. The Labute approximate surface area is 63.6 Å². The van der Waals surface area contributed by atoms with Gasteiger partial charge in [0.1, 0.15) is 5.84 Å². The Hall–Kier alpha value is -1.58. The van der Waals surface area contributed by atoms with E-state index in [4.69, 9.17) is 11.1 Å². The first-order valence-electron chi connectivity index (χ1n) is 3.15. The van der Waals surface area contributed by atoms with Crippen LogP contribution in [-0.4, -0.2) is 10.8 Å². The van der Waals surface area contributed by atoms with Crippen molar-refractivity contribution in [1.29, 1.82) is 5.41 Å². The molecule has 58 valence electrons. The molecule has 4 heteroatoms. The summed E-state index contributed by atoms with van der Waals surface area (Å²) in [6.45, 7) is 1.82. The Kier molecular flexibility index (Phi) is 1.76. The van der Waals surface area contributed by atoms with Gasteiger partial charge in [0.15, 0.2) is 0 Å². The van der Waals surface area contributed by atoms with Crippen LogP contribution in [0.1, 0.15) is 11.1 Å². The highest BCUT2D eigenvalue weighted by Crippen LogP contribution is 1.93. The van der Waals surface area contributed by atoms with Gasteiger partial charge in [-0.15, -0.1) is 0 Å². The molecule has 4 N–H and O–H groups in total. The maximum atomic E-state index is 10.9. The molecule has 0 saturated heterocycles. The molecule has 0 bridgehead atoms. The number of hydrogen-bond acceptors (Lipinski definition) is 2. The summed E-state index contributed by atoms with van der Waals surface area (Å²) in [6, 6.07) is 1.58. The van der Waals surface area contributed by atoms with Crippen molar-refractivity contribution in [3.8, 4) is 0 Å². The van der Waals surface area contributed by atoms with Crippen molar-refractivity contribution in [3.63, 3.8) is 0 Å². The van der Waals surface area contributed by atoms with Crippen molar-refractivity contribution in [2.24, 2.45) is 5.73 Å². The largest absolute Gasteiger partial charge is 0.384 e. The Balaban J connectivity index is 3.35. The van der Waals surface area contributed by atoms with Gasteiger partial charge in [0, 0.05) is 6.20 Å². The van der Waals surface area contributed by atoms with Gasteiger partial charge < -0.3 is 10.7 Å². The Morgan fingerprint density at radius 3 is 2.82 bits per heavy atom. The molecule has 1 heterocycles. The number of nitrogens with one attached hydrogen (secondary N) is 2. The van der Waals surface area contributed by atoms with Crippen LogP contribution in [0.25, 0.3) is 0 Å². The first-order chi connectivity index (χ1) is 5.11. The zero-order valence-corrected chi connectivity index (χ0v) is 6.14. The highest BCUT2D eigenvalue weighted by Gasteiger charge is 2.01. The lowest BCUT2D eigenvalue weighted by Gasteiger charge is -1.96. The van der Waals surface area contributed by atoms with Crippen LogP contribution in [0.5, 0.6) is 0 Å². The van der Waals surface area contributed by atoms with Crippen LogP contribution in [0.3, 0.4) is 0 Å². The van der Waals surface area contributed by atoms with E-state index < -0.39 is 0 Å². The molecule has 0 fully saturated rings. The first kappa shape index (κ1) is 7.53. The predicted molar refractivity (Wildman–Crippen MR) is 42.8 cm³/mol. The predicted octanol–water partition coefficient (Wildman–Crippen LogP) is -0.0326. The van der Waals surface area contributed by atoms with Crippen LogP contribution in [0.15, 0.2) is 17.1 Å². The van der Waals surface area contributed by atoms with Crippen LogP contribution in [0.4, 0.5) is 0 Å². The van der Waals surface area contributed by atoms with E-state index in [-0.39, 0.29) is 17.0 Å². The van der Waals surface area contributed by atoms with E-state index in [1.807, 2.05) is 6.92 Å². The quantitative estimate of drug-likeness (QED) is 0.389. The van der Waals surface area contributed by atoms with Crippen molar-refractivity contribution in [2.75, 3.05) is 0 Å². The summed E-state index contributed by atoms with van der Waals surface area (Å²) in [4.78, 5) is 13.4. The average Bonchev–Trinajstić information content (AvgIpc) is 1.94. The summed E-state index contributed by atoms with van der Waals surface area (Å²) in [5.74, 6) is -0.199. The molecule has 0 radical (unpaired) electrons. The third-order valence-electron chi connectivity index (χ3n) is 1.34. The van der Waals surface area contributed by atoms with E-state index in [1.165, 1.54) is 0 Å². The molecule has 1 aromatic rings. The third-order valence-corrected chi connectivity index (χ3v) is 1.34. The summed E-state index contributed by atoms with van der Waals surface area (Å²) in [5, 5.41) is 7.03. The number of rotatable bonds is 1. The fourth-order valence-electron chi connectivity index (χ4n) is 0.792. The number of hydrogen-bond donors (Lipinski definition) is 3. The van der Waals surface area contributed by atoms with Crippen molar-refractivity contribution >= 4 is 5.84 Å². The van der Waals surface area contributed by atoms with Crippen molar-refractivity contribution in [2.45, 2.75) is 6.92 Å². The van der Waals surface area contributed by atoms with Crippen molar-refractivity contribution < 1.29 is 0 Å². The zero-order chi connectivity index (χ0) is 8.43. The fraction of sp³-hybridized carbons (Fsp3) is 0.143. The number of aromatic nitrogens is 1. The van der Waals surface area contributed by atoms with Gasteiger partial charge in [-0.3, -0.25) is 10.2 Å². The van der Waals surface area contributed by atoms with E-state index in [1.54, 1.807) is 12.3 Å². The lowest BCUT2D eigenvalue weighted by molar-refractivity contribution is 1.18. The summed E-state index contributed by atoms with van der Waals surface area (Å²) in [6.07, 6.45) is 1.58. The second kappa shape index (κ2) is 2.57. The number of aryl methyl sites for hydroxylation is 1. The third kappa shape index (κ3) is 1.46. The summed E-state index contributed by atoms with van der Waals surface area (Å²) >= 11 is 0. The zero-order valence-electron chi connectivity index (χ0n) is 6.14. The topological polar surface area (TPSA) is 82.7 Å². The molecule has 11 heavy (non-hydrogen) atoms. The van der Waals surface area contributed by atoms with Crippen LogP contribution in [-0.2, 0) is 0 Å². The minimum Gasteiger partial charge on any atom is -0.384 e. The minimum absolute atomic E-state index is 0.199. The van der Waals surface area contributed by atoms with Gasteiger partial charge in [-0.2, -0.15) is 0 Å². The molecule has 4 nitrogen and oxygen atoms in total. The highest BCUT2D eigenvalue weighted by molar-refractivity contribution is 5.94. The summed E-state index contributed by atoms with van der Waals surface area (Å²) in [7, 11) is 0. The molecular formula is C7H9N3O. The molecular weight excluding hydrogens is 142 g/mol. The van der Waals surface area contributed by atoms with E-state index in [0.29, 0.717) is 0 Å². The Morgan fingerprint density at radius 2 is 2.36 bits per heavy atom. The normalized spacial score (nSPS) is 9.55. The molecule has 0 atom stereocenters. The van der Waals surface area contributed by atoms with E-state index in [0.717, 1.165) is 5.56 Å². The Morgan fingerprint density at radius 1 is 1.73 bits per heavy atom. The molecule has 0 saturated carbocycles. The maximum absolute atomic E-state index is 10.9. The van der Waals surface area contributed by atoms with Gasteiger partial charge in [-0.1, -0.05) is 0 Å². The molecule has 0 unspecified atom stereocenters. The SMILES string of the molecule is Cc1c[nH]c(=O)c(C(=N)N)c1. The summed E-state index contributed by atoms with van der Waals surface area (Å²) in [5.41, 5.74) is 5.94. The summed E-state index contributed by atoms with van der Waals surface area (Å²) < 4.78 is 0. The molecule has 1 aromatic heterocycles. The molecule has 0 aliphatic rings. The van der Waals surface area contributed by atoms with Gasteiger partial charge >= 0.3 is 0 Å². The maximum Gasteiger partial charge on any atom is 0.258 e. The van der Waals surface area contributed by atoms with Crippen molar-refractivity contribution in [1.82, 2.24) is 4.98 Å².